The lowest BCUT2D eigenvalue weighted by molar-refractivity contribution is -0.124. The van der Waals surface area contributed by atoms with Crippen LogP contribution in [0.15, 0.2) is 35.9 Å². The first kappa shape index (κ1) is 10.1. The van der Waals surface area contributed by atoms with Crippen LogP contribution in [0.25, 0.3) is 0 Å². The SMILES string of the molecule is CC1(C2=CC(=O)NC2=O)CNc2ccccc21. The molecule has 0 bridgehead atoms. The van der Waals surface area contributed by atoms with Crippen LogP contribution in [0.5, 0.6) is 0 Å². The van der Waals surface area contributed by atoms with Crippen molar-refractivity contribution in [3.63, 3.8) is 0 Å². The van der Waals surface area contributed by atoms with Gasteiger partial charge in [-0.2, -0.15) is 0 Å². The van der Waals surface area contributed by atoms with Crippen LogP contribution in [0.4, 0.5) is 5.69 Å². The first-order chi connectivity index (χ1) is 8.11. The van der Waals surface area contributed by atoms with Crippen molar-refractivity contribution in [3.05, 3.63) is 41.5 Å². The lowest BCUT2D eigenvalue weighted by atomic mass is 9.77. The number of para-hydroxylation sites is 1. The Kier molecular flexibility index (Phi) is 1.90. The number of carbonyl (C=O) groups is 2. The second-order valence-electron chi connectivity index (χ2n) is 4.61. The minimum Gasteiger partial charge on any atom is -0.384 e. The first-order valence-corrected chi connectivity index (χ1v) is 5.52. The fraction of sp³-hybridized carbons (Fsp3) is 0.231. The zero-order valence-corrected chi connectivity index (χ0v) is 9.41. The molecule has 0 saturated heterocycles. The summed E-state index contributed by atoms with van der Waals surface area (Å²) in [5.74, 6) is -0.605. The number of rotatable bonds is 1. The second kappa shape index (κ2) is 3.20. The van der Waals surface area contributed by atoms with E-state index in [1.54, 1.807) is 0 Å². The third-order valence-electron chi connectivity index (χ3n) is 3.51. The van der Waals surface area contributed by atoms with Crippen LogP contribution in [-0.2, 0) is 15.0 Å². The standard InChI is InChI=1S/C13H12N2O2/c1-13(9-6-11(16)15-12(9)17)7-14-10-5-3-2-4-8(10)13/h2-6,14H,7H2,1H3,(H,15,16,17). The van der Waals surface area contributed by atoms with Gasteiger partial charge < -0.3 is 5.32 Å². The van der Waals surface area contributed by atoms with Gasteiger partial charge in [0.1, 0.15) is 0 Å². The minimum absolute atomic E-state index is 0.281. The molecule has 4 heteroatoms. The Morgan fingerprint density at radius 2 is 2.00 bits per heavy atom. The molecule has 0 aromatic heterocycles. The Bertz CT molecular complexity index is 562. The van der Waals surface area contributed by atoms with Gasteiger partial charge >= 0.3 is 0 Å². The molecule has 86 valence electrons. The van der Waals surface area contributed by atoms with E-state index in [0.29, 0.717) is 12.1 Å². The Morgan fingerprint density at radius 3 is 2.71 bits per heavy atom. The summed E-state index contributed by atoms with van der Waals surface area (Å²) in [5.41, 5.74) is 2.21. The number of anilines is 1. The zero-order valence-electron chi connectivity index (χ0n) is 9.41. The van der Waals surface area contributed by atoms with Crippen molar-refractivity contribution in [3.8, 4) is 0 Å². The number of imide groups is 1. The number of benzene rings is 1. The maximum absolute atomic E-state index is 11.8. The molecule has 0 fully saturated rings. The van der Waals surface area contributed by atoms with Crippen molar-refractivity contribution >= 4 is 17.5 Å². The van der Waals surface area contributed by atoms with Crippen LogP contribution in [0.2, 0.25) is 0 Å². The summed E-state index contributed by atoms with van der Waals surface area (Å²) in [6, 6.07) is 7.87. The lowest BCUT2D eigenvalue weighted by Crippen LogP contribution is -2.33. The Hall–Kier alpha value is -2.10. The van der Waals surface area contributed by atoms with Crippen LogP contribution in [0.1, 0.15) is 12.5 Å². The van der Waals surface area contributed by atoms with E-state index < -0.39 is 5.41 Å². The number of amides is 2. The topological polar surface area (TPSA) is 58.2 Å². The smallest absolute Gasteiger partial charge is 0.255 e. The van der Waals surface area contributed by atoms with E-state index in [1.807, 2.05) is 31.2 Å². The molecule has 2 heterocycles. The molecule has 2 aliphatic heterocycles. The predicted octanol–water partition coefficient (Wildman–Crippen LogP) is 0.953. The molecule has 0 aliphatic carbocycles. The van der Waals surface area contributed by atoms with E-state index in [-0.39, 0.29) is 11.8 Å². The quantitative estimate of drug-likeness (QED) is 0.704. The highest BCUT2D eigenvalue weighted by molar-refractivity contribution is 6.17. The molecule has 1 atom stereocenters. The fourth-order valence-electron chi connectivity index (χ4n) is 2.55. The normalized spacial score (nSPS) is 26.3. The molecule has 2 aliphatic rings. The van der Waals surface area contributed by atoms with Crippen molar-refractivity contribution in [2.45, 2.75) is 12.3 Å². The highest BCUT2D eigenvalue weighted by Crippen LogP contribution is 2.42. The number of carbonyl (C=O) groups excluding carboxylic acids is 2. The molecule has 0 saturated carbocycles. The van der Waals surface area contributed by atoms with Crippen molar-refractivity contribution in [2.75, 3.05) is 11.9 Å². The summed E-state index contributed by atoms with van der Waals surface area (Å²) in [4.78, 5) is 23.0. The molecule has 2 amide bonds. The number of hydrogen-bond donors (Lipinski definition) is 2. The summed E-state index contributed by atoms with van der Waals surface area (Å²) in [7, 11) is 0. The highest BCUT2D eigenvalue weighted by atomic mass is 16.2. The van der Waals surface area contributed by atoms with Gasteiger partial charge in [0.15, 0.2) is 0 Å². The fourth-order valence-corrected chi connectivity index (χ4v) is 2.55. The van der Waals surface area contributed by atoms with Gasteiger partial charge in [-0.3, -0.25) is 14.9 Å². The molecule has 4 nitrogen and oxygen atoms in total. The third kappa shape index (κ3) is 1.30. The molecule has 1 aromatic carbocycles. The van der Waals surface area contributed by atoms with Gasteiger partial charge in [0.05, 0.1) is 0 Å². The van der Waals surface area contributed by atoms with Crippen molar-refractivity contribution in [1.82, 2.24) is 5.32 Å². The van der Waals surface area contributed by atoms with E-state index in [0.717, 1.165) is 11.3 Å². The van der Waals surface area contributed by atoms with Gasteiger partial charge in [0.25, 0.3) is 11.8 Å². The van der Waals surface area contributed by atoms with E-state index >= 15 is 0 Å². The molecule has 1 unspecified atom stereocenters. The average molecular weight is 228 g/mol. The van der Waals surface area contributed by atoms with Crippen molar-refractivity contribution in [2.24, 2.45) is 0 Å². The number of fused-ring (bicyclic) bond motifs is 1. The second-order valence-corrected chi connectivity index (χ2v) is 4.61. The Morgan fingerprint density at radius 1 is 1.24 bits per heavy atom. The van der Waals surface area contributed by atoms with E-state index in [9.17, 15) is 9.59 Å². The van der Waals surface area contributed by atoms with Crippen LogP contribution in [0, 0.1) is 0 Å². The van der Waals surface area contributed by atoms with E-state index in [1.165, 1.54) is 6.08 Å². The van der Waals surface area contributed by atoms with Crippen molar-refractivity contribution < 1.29 is 9.59 Å². The van der Waals surface area contributed by atoms with Gasteiger partial charge in [-0.15, -0.1) is 0 Å². The van der Waals surface area contributed by atoms with Gasteiger partial charge in [-0.25, -0.2) is 0 Å². The Balaban J connectivity index is 2.13. The monoisotopic (exact) mass is 228 g/mol. The van der Waals surface area contributed by atoms with Crippen LogP contribution in [0.3, 0.4) is 0 Å². The molecule has 1 aromatic rings. The van der Waals surface area contributed by atoms with Crippen molar-refractivity contribution in [1.29, 1.82) is 0 Å². The zero-order chi connectivity index (χ0) is 12.0. The number of nitrogens with one attached hydrogen (secondary N) is 2. The van der Waals surface area contributed by atoms with E-state index in [4.69, 9.17) is 0 Å². The van der Waals surface area contributed by atoms with Crippen LogP contribution >= 0.6 is 0 Å². The Labute approximate surface area is 98.7 Å². The largest absolute Gasteiger partial charge is 0.384 e. The highest BCUT2D eigenvalue weighted by Gasteiger charge is 2.43. The lowest BCUT2D eigenvalue weighted by Gasteiger charge is -2.24. The maximum Gasteiger partial charge on any atom is 0.255 e. The van der Waals surface area contributed by atoms with Crippen LogP contribution in [-0.4, -0.2) is 18.4 Å². The molecular weight excluding hydrogens is 216 g/mol. The minimum atomic E-state index is -0.424. The third-order valence-corrected chi connectivity index (χ3v) is 3.51. The maximum atomic E-state index is 11.8. The molecule has 2 N–H and O–H groups in total. The molecule has 0 spiro atoms. The molecule has 3 rings (SSSR count). The summed E-state index contributed by atoms with van der Waals surface area (Å²) in [6.45, 7) is 2.62. The first-order valence-electron chi connectivity index (χ1n) is 5.52. The van der Waals surface area contributed by atoms with Gasteiger partial charge in [-0.05, 0) is 18.6 Å². The summed E-state index contributed by atoms with van der Waals surface area (Å²) < 4.78 is 0. The van der Waals surface area contributed by atoms with E-state index in [2.05, 4.69) is 10.6 Å². The predicted molar refractivity (Wildman–Crippen MR) is 63.5 cm³/mol. The molecular formula is C13H12N2O2. The van der Waals surface area contributed by atoms with Crippen LogP contribution < -0.4 is 10.6 Å². The summed E-state index contributed by atoms with van der Waals surface area (Å²) in [5, 5.41) is 5.57. The van der Waals surface area contributed by atoms with Gasteiger partial charge in [0, 0.05) is 29.3 Å². The van der Waals surface area contributed by atoms with Gasteiger partial charge in [0.2, 0.25) is 0 Å². The summed E-state index contributed by atoms with van der Waals surface area (Å²) in [6.07, 6.45) is 1.41. The summed E-state index contributed by atoms with van der Waals surface area (Å²) >= 11 is 0. The van der Waals surface area contributed by atoms with Gasteiger partial charge in [-0.1, -0.05) is 18.2 Å². The molecule has 17 heavy (non-hydrogen) atoms. The number of hydrogen-bond acceptors (Lipinski definition) is 3. The average Bonchev–Trinajstić information content (AvgIpc) is 2.82. The molecule has 0 radical (unpaired) electrons.